The summed E-state index contributed by atoms with van der Waals surface area (Å²) >= 11 is 0. The summed E-state index contributed by atoms with van der Waals surface area (Å²) in [6, 6.07) is -0.319. The van der Waals surface area contributed by atoms with E-state index in [9.17, 15) is 9.59 Å². The molecule has 1 rings (SSSR count). The van der Waals surface area contributed by atoms with Gasteiger partial charge in [-0.15, -0.1) is 0 Å². The molecule has 18 heavy (non-hydrogen) atoms. The van der Waals surface area contributed by atoms with E-state index in [0.29, 0.717) is 6.54 Å². The summed E-state index contributed by atoms with van der Waals surface area (Å²) in [6.45, 7) is 5.84. The summed E-state index contributed by atoms with van der Waals surface area (Å²) < 4.78 is 5.73. The molecule has 0 unspecified atom stereocenters. The van der Waals surface area contributed by atoms with E-state index in [0.717, 1.165) is 0 Å². The van der Waals surface area contributed by atoms with Crippen molar-refractivity contribution >= 4 is 11.8 Å². The molecule has 5 atom stereocenters. The fourth-order valence-corrected chi connectivity index (χ4v) is 2.42. The molecule has 0 aromatic rings. The Balaban J connectivity index is 2.93. The van der Waals surface area contributed by atoms with Crippen molar-refractivity contribution in [1.29, 1.82) is 0 Å². The summed E-state index contributed by atoms with van der Waals surface area (Å²) in [7, 11) is 1.55. The van der Waals surface area contributed by atoms with Gasteiger partial charge in [0.05, 0.1) is 12.1 Å². The van der Waals surface area contributed by atoms with Crippen LogP contribution in [0.25, 0.3) is 0 Å². The van der Waals surface area contributed by atoms with E-state index in [-0.39, 0.29) is 35.8 Å². The van der Waals surface area contributed by atoms with Gasteiger partial charge in [0.2, 0.25) is 5.91 Å². The van der Waals surface area contributed by atoms with Crippen LogP contribution in [0, 0.1) is 11.8 Å². The number of carbonyl (C=O) groups excluding carboxylic acids is 2. The van der Waals surface area contributed by atoms with E-state index in [4.69, 9.17) is 10.5 Å². The first-order chi connectivity index (χ1) is 8.42. The van der Waals surface area contributed by atoms with Crippen molar-refractivity contribution in [2.24, 2.45) is 17.6 Å². The van der Waals surface area contributed by atoms with Gasteiger partial charge in [-0.3, -0.25) is 9.59 Å². The number of nitrogens with one attached hydrogen (secondary N) is 2. The topological polar surface area (TPSA) is 93.4 Å². The number of carbonyl (C=O) groups is 2. The predicted molar refractivity (Wildman–Crippen MR) is 67.7 cm³/mol. The van der Waals surface area contributed by atoms with Gasteiger partial charge in [-0.05, 0) is 11.8 Å². The van der Waals surface area contributed by atoms with Gasteiger partial charge in [0.25, 0.3) is 5.91 Å². The van der Waals surface area contributed by atoms with Crippen molar-refractivity contribution in [3.05, 3.63) is 0 Å². The Morgan fingerprint density at radius 2 is 1.89 bits per heavy atom. The highest BCUT2D eigenvalue weighted by Crippen LogP contribution is 2.30. The Hall–Kier alpha value is -1.14. The van der Waals surface area contributed by atoms with E-state index >= 15 is 0 Å². The Morgan fingerprint density at radius 3 is 2.33 bits per heavy atom. The van der Waals surface area contributed by atoms with Gasteiger partial charge in [0.1, 0.15) is 0 Å². The zero-order valence-corrected chi connectivity index (χ0v) is 11.4. The van der Waals surface area contributed by atoms with Crippen LogP contribution in [0.3, 0.4) is 0 Å². The van der Waals surface area contributed by atoms with E-state index in [1.807, 2.05) is 13.8 Å². The van der Waals surface area contributed by atoms with Gasteiger partial charge in [-0.2, -0.15) is 0 Å². The average Bonchev–Trinajstić information content (AvgIpc) is 2.34. The molecule has 2 amide bonds. The maximum absolute atomic E-state index is 11.8. The number of hydrogen-bond donors (Lipinski definition) is 3. The molecule has 1 saturated heterocycles. The molecule has 0 spiro atoms. The summed E-state index contributed by atoms with van der Waals surface area (Å²) in [5, 5.41) is 5.37. The van der Waals surface area contributed by atoms with Crippen LogP contribution in [-0.4, -0.2) is 43.7 Å². The normalized spacial score (nSPS) is 35.9. The highest BCUT2D eigenvalue weighted by Gasteiger charge is 2.44. The largest absolute Gasteiger partial charge is 0.361 e. The minimum Gasteiger partial charge on any atom is -0.361 e. The Labute approximate surface area is 108 Å². The van der Waals surface area contributed by atoms with Gasteiger partial charge < -0.3 is 21.1 Å². The fraction of sp³-hybridized carbons (Fsp3) is 0.833. The van der Waals surface area contributed by atoms with Crippen molar-refractivity contribution < 1.29 is 14.3 Å². The first-order valence-electron chi connectivity index (χ1n) is 6.26. The van der Waals surface area contributed by atoms with Crippen LogP contribution in [0.15, 0.2) is 0 Å². The summed E-state index contributed by atoms with van der Waals surface area (Å²) in [5.74, 6) is -0.0834. The molecule has 6 nitrogen and oxygen atoms in total. The van der Waals surface area contributed by atoms with Gasteiger partial charge in [-0.1, -0.05) is 13.8 Å². The molecule has 104 valence electrons. The second kappa shape index (κ2) is 6.15. The van der Waals surface area contributed by atoms with Crippen molar-refractivity contribution in [1.82, 2.24) is 10.6 Å². The molecule has 0 aliphatic carbocycles. The zero-order valence-electron chi connectivity index (χ0n) is 11.4. The quantitative estimate of drug-likeness (QED) is 0.619. The third-order valence-corrected chi connectivity index (χ3v) is 3.74. The lowest BCUT2D eigenvalue weighted by molar-refractivity contribution is -0.157. The number of ether oxygens (including phenoxy) is 1. The second-order valence-electron chi connectivity index (χ2n) is 4.89. The monoisotopic (exact) mass is 257 g/mol. The third-order valence-electron chi connectivity index (χ3n) is 3.74. The van der Waals surface area contributed by atoms with Crippen LogP contribution in [0.2, 0.25) is 0 Å². The van der Waals surface area contributed by atoms with Gasteiger partial charge in [0.15, 0.2) is 6.10 Å². The van der Waals surface area contributed by atoms with Crippen LogP contribution < -0.4 is 16.4 Å². The molecule has 1 fully saturated rings. The number of rotatable bonds is 3. The van der Waals surface area contributed by atoms with Crippen LogP contribution in [0.5, 0.6) is 0 Å². The van der Waals surface area contributed by atoms with Crippen LogP contribution in [0.4, 0.5) is 0 Å². The summed E-state index contributed by atoms with van der Waals surface area (Å²) in [6.07, 6.45) is -0.842. The van der Waals surface area contributed by atoms with Gasteiger partial charge >= 0.3 is 0 Å². The average molecular weight is 257 g/mol. The smallest absolute Gasteiger partial charge is 0.251 e. The predicted octanol–water partition coefficient (Wildman–Crippen LogP) is -0.765. The molecule has 0 aromatic heterocycles. The molecule has 4 N–H and O–H groups in total. The lowest BCUT2D eigenvalue weighted by atomic mass is 9.79. The Kier molecular flexibility index (Phi) is 5.10. The van der Waals surface area contributed by atoms with Gasteiger partial charge in [-0.25, -0.2) is 0 Å². The lowest BCUT2D eigenvalue weighted by Crippen LogP contribution is -2.62. The van der Waals surface area contributed by atoms with Crippen molar-refractivity contribution in [3.63, 3.8) is 0 Å². The highest BCUT2D eigenvalue weighted by atomic mass is 16.5. The van der Waals surface area contributed by atoms with Crippen molar-refractivity contribution in [3.8, 4) is 0 Å². The lowest BCUT2D eigenvalue weighted by Gasteiger charge is -2.44. The van der Waals surface area contributed by atoms with Crippen LogP contribution in [0.1, 0.15) is 20.8 Å². The number of amides is 2. The highest BCUT2D eigenvalue weighted by molar-refractivity contribution is 5.83. The molecule has 0 radical (unpaired) electrons. The molecular weight excluding hydrogens is 234 g/mol. The van der Waals surface area contributed by atoms with Crippen molar-refractivity contribution in [2.75, 3.05) is 13.6 Å². The minimum atomic E-state index is -0.682. The molecule has 1 aliphatic rings. The minimum absolute atomic E-state index is 0.124. The Morgan fingerprint density at radius 1 is 1.28 bits per heavy atom. The van der Waals surface area contributed by atoms with Crippen molar-refractivity contribution in [2.45, 2.75) is 39.0 Å². The third kappa shape index (κ3) is 3.00. The van der Waals surface area contributed by atoms with E-state index < -0.39 is 6.10 Å². The molecule has 1 heterocycles. The SMILES string of the molecule is CNC(=O)[C@@H]1O[C@H](CN)[C@@H](C)[C@H](C)[C@@H]1NC(C)=O. The molecular formula is C12H23N3O3. The first kappa shape index (κ1) is 14.9. The maximum Gasteiger partial charge on any atom is 0.251 e. The molecule has 6 heteroatoms. The van der Waals surface area contributed by atoms with Crippen LogP contribution in [-0.2, 0) is 14.3 Å². The molecule has 0 aromatic carbocycles. The second-order valence-corrected chi connectivity index (χ2v) is 4.89. The number of hydrogen-bond acceptors (Lipinski definition) is 4. The standard InChI is InChI=1S/C12H23N3O3/c1-6-7(2)10(15-8(3)16)11(12(17)14-4)18-9(6)5-13/h6-7,9-11H,5,13H2,1-4H3,(H,14,17)(H,15,16)/t6-,7-,9+,10-,11+/m0/s1. The van der Waals surface area contributed by atoms with Gasteiger partial charge in [0, 0.05) is 20.5 Å². The van der Waals surface area contributed by atoms with E-state index in [1.54, 1.807) is 7.05 Å². The fourth-order valence-electron chi connectivity index (χ4n) is 2.42. The number of nitrogens with two attached hydrogens (primary N) is 1. The molecule has 0 bridgehead atoms. The van der Waals surface area contributed by atoms with Crippen LogP contribution >= 0.6 is 0 Å². The first-order valence-corrected chi connectivity index (χ1v) is 6.26. The maximum atomic E-state index is 11.8. The van der Waals surface area contributed by atoms with E-state index in [2.05, 4.69) is 10.6 Å². The molecule has 1 aliphatic heterocycles. The van der Waals surface area contributed by atoms with E-state index in [1.165, 1.54) is 6.92 Å². The Bertz CT molecular complexity index is 322. The summed E-state index contributed by atoms with van der Waals surface area (Å²) in [5.41, 5.74) is 5.66. The molecule has 0 saturated carbocycles. The summed E-state index contributed by atoms with van der Waals surface area (Å²) in [4.78, 5) is 23.1. The zero-order chi connectivity index (χ0) is 13.9. The number of likely N-dealkylation sites (N-methyl/N-ethyl adjacent to an activating group) is 1.